The highest BCUT2D eigenvalue weighted by Gasteiger charge is 2.37. The van der Waals surface area contributed by atoms with E-state index in [-0.39, 0.29) is 12.1 Å². The van der Waals surface area contributed by atoms with Gasteiger partial charge in [-0.1, -0.05) is 60.7 Å². The van der Waals surface area contributed by atoms with E-state index in [1.54, 1.807) is 0 Å². The first-order chi connectivity index (χ1) is 9.27. The lowest BCUT2D eigenvalue weighted by molar-refractivity contribution is -0.0650. The van der Waals surface area contributed by atoms with Gasteiger partial charge in [-0.2, -0.15) is 5.06 Å². The summed E-state index contributed by atoms with van der Waals surface area (Å²) in [5, 5.41) is 20.5. The highest BCUT2D eigenvalue weighted by Crippen LogP contribution is 2.40. The van der Waals surface area contributed by atoms with Crippen molar-refractivity contribution >= 4 is 6.02 Å². The SMILES string of the molecule is OC1=NC(c2ccccc2)C(c2ccccc2)N1O. The summed E-state index contributed by atoms with van der Waals surface area (Å²) in [6.45, 7) is 0. The molecule has 0 fully saturated rings. The topological polar surface area (TPSA) is 56.1 Å². The lowest BCUT2D eigenvalue weighted by Gasteiger charge is -2.23. The second-order valence-electron chi connectivity index (χ2n) is 4.48. The Morgan fingerprint density at radius 2 is 1.37 bits per heavy atom. The molecule has 0 aromatic heterocycles. The van der Waals surface area contributed by atoms with Crippen molar-refractivity contribution in [3.05, 3.63) is 71.8 Å². The first-order valence-corrected chi connectivity index (χ1v) is 6.12. The van der Waals surface area contributed by atoms with E-state index in [9.17, 15) is 10.3 Å². The fourth-order valence-electron chi connectivity index (χ4n) is 2.39. The Kier molecular flexibility index (Phi) is 2.93. The predicted octanol–water partition coefficient (Wildman–Crippen LogP) is 3.09. The van der Waals surface area contributed by atoms with Gasteiger partial charge >= 0.3 is 6.02 Å². The van der Waals surface area contributed by atoms with Crippen LogP contribution in [-0.4, -0.2) is 21.4 Å². The third kappa shape index (κ3) is 2.06. The smallest absolute Gasteiger partial charge is 0.310 e. The van der Waals surface area contributed by atoms with Gasteiger partial charge in [-0.3, -0.25) is 5.21 Å². The monoisotopic (exact) mass is 254 g/mol. The minimum atomic E-state index is -0.399. The van der Waals surface area contributed by atoms with E-state index >= 15 is 0 Å². The maximum Gasteiger partial charge on any atom is 0.310 e. The van der Waals surface area contributed by atoms with Gasteiger partial charge in [0.1, 0.15) is 12.1 Å². The average Bonchev–Trinajstić information content (AvgIpc) is 2.77. The molecular formula is C15H14N2O2. The van der Waals surface area contributed by atoms with Crippen molar-refractivity contribution in [1.29, 1.82) is 0 Å². The number of aliphatic imine (C=N–C) groups is 1. The van der Waals surface area contributed by atoms with Crippen LogP contribution in [0.1, 0.15) is 23.2 Å². The third-order valence-electron chi connectivity index (χ3n) is 3.30. The van der Waals surface area contributed by atoms with E-state index in [4.69, 9.17) is 0 Å². The van der Waals surface area contributed by atoms with Crippen LogP contribution in [-0.2, 0) is 0 Å². The Bertz CT molecular complexity index is 584. The minimum absolute atomic E-state index is 0.311. The largest absolute Gasteiger partial charge is 0.479 e. The molecule has 2 aromatic rings. The Balaban J connectivity index is 2.02. The molecule has 0 spiro atoms. The molecule has 1 aliphatic heterocycles. The van der Waals surface area contributed by atoms with Crippen LogP contribution in [0.5, 0.6) is 0 Å². The van der Waals surface area contributed by atoms with Gasteiger partial charge in [-0.05, 0) is 11.1 Å². The Morgan fingerprint density at radius 1 is 0.842 bits per heavy atom. The van der Waals surface area contributed by atoms with E-state index in [0.717, 1.165) is 16.2 Å². The van der Waals surface area contributed by atoms with Crippen LogP contribution in [0.15, 0.2) is 65.7 Å². The van der Waals surface area contributed by atoms with E-state index in [1.807, 2.05) is 60.7 Å². The minimum Gasteiger partial charge on any atom is -0.479 e. The third-order valence-corrected chi connectivity index (χ3v) is 3.30. The molecule has 0 amide bonds. The predicted molar refractivity (Wildman–Crippen MR) is 72.1 cm³/mol. The van der Waals surface area contributed by atoms with E-state index in [1.165, 1.54) is 0 Å². The zero-order valence-corrected chi connectivity index (χ0v) is 10.2. The van der Waals surface area contributed by atoms with Crippen molar-refractivity contribution in [2.24, 2.45) is 4.99 Å². The summed E-state index contributed by atoms with van der Waals surface area (Å²) in [4.78, 5) is 4.15. The summed E-state index contributed by atoms with van der Waals surface area (Å²) < 4.78 is 0. The average molecular weight is 254 g/mol. The molecule has 0 saturated carbocycles. The van der Waals surface area contributed by atoms with Gasteiger partial charge in [0.25, 0.3) is 0 Å². The van der Waals surface area contributed by atoms with Crippen LogP contribution in [0.2, 0.25) is 0 Å². The number of nitrogens with zero attached hydrogens (tertiary/aromatic N) is 2. The molecule has 1 heterocycles. The quantitative estimate of drug-likeness (QED) is 0.865. The number of benzene rings is 2. The molecule has 0 saturated heterocycles. The van der Waals surface area contributed by atoms with Crippen molar-refractivity contribution < 1.29 is 10.3 Å². The Labute approximate surface area is 111 Å². The fourth-order valence-corrected chi connectivity index (χ4v) is 2.39. The fraction of sp³-hybridized carbons (Fsp3) is 0.133. The molecule has 0 bridgehead atoms. The molecule has 2 atom stereocenters. The number of aliphatic hydroxyl groups excluding tert-OH is 1. The van der Waals surface area contributed by atoms with Crippen LogP contribution in [0.3, 0.4) is 0 Å². The van der Waals surface area contributed by atoms with Gasteiger partial charge in [0.05, 0.1) is 0 Å². The zero-order chi connectivity index (χ0) is 13.2. The van der Waals surface area contributed by atoms with Crippen LogP contribution in [0.25, 0.3) is 0 Å². The molecule has 0 aliphatic carbocycles. The summed E-state index contributed by atoms with van der Waals surface area (Å²) in [5.74, 6) is 0. The van der Waals surface area contributed by atoms with Gasteiger partial charge in [-0.15, -0.1) is 0 Å². The molecule has 2 N–H and O–H groups in total. The molecule has 19 heavy (non-hydrogen) atoms. The number of rotatable bonds is 2. The zero-order valence-electron chi connectivity index (χ0n) is 10.2. The number of hydrogen-bond acceptors (Lipinski definition) is 3. The molecule has 0 radical (unpaired) electrons. The summed E-state index contributed by atoms with van der Waals surface area (Å²) in [7, 11) is 0. The summed E-state index contributed by atoms with van der Waals surface area (Å²) in [6.07, 6.45) is 0. The molecule has 2 aromatic carbocycles. The molecule has 96 valence electrons. The molecule has 2 unspecified atom stereocenters. The lowest BCUT2D eigenvalue weighted by atomic mass is 9.95. The van der Waals surface area contributed by atoms with Crippen molar-refractivity contribution in [3.8, 4) is 0 Å². The second-order valence-corrected chi connectivity index (χ2v) is 4.48. The number of hydrogen-bond donors (Lipinski definition) is 2. The number of aliphatic hydroxyl groups is 1. The summed E-state index contributed by atoms with van der Waals surface area (Å²) in [5.41, 5.74) is 1.87. The number of hydroxylamine groups is 2. The molecule has 4 heteroatoms. The molecule has 1 aliphatic rings. The van der Waals surface area contributed by atoms with Crippen LogP contribution in [0.4, 0.5) is 0 Å². The van der Waals surface area contributed by atoms with E-state index < -0.39 is 6.04 Å². The van der Waals surface area contributed by atoms with Gasteiger partial charge in [0.15, 0.2) is 0 Å². The highest BCUT2D eigenvalue weighted by molar-refractivity contribution is 5.73. The Morgan fingerprint density at radius 3 is 1.95 bits per heavy atom. The Hall–Kier alpha value is -2.33. The molecule has 4 nitrogen and oxygen atoms in total. The van der Waals surface area contributed by atoms with Crippen molar-refractivity contribution in [2.45, 2.75) is 12.1 Å². The second kappa shape index (κ2) is 4.74. The first-order valence-electron chi connectivity index (χ1n) is 6.12. The maximum atomic E-state index is 10.00. The first kappa shape index (κ1) is 11.7. The van der Waals surface area contributed by atoms with Gasteiger partial charge in [0, 0.05) is 0 Å². The lowest BCUT2D eigenvalue weighted by Crippen LogP contribution is -2.27. The van der Waals surface area contributed by atoms with E-state index in [2.05, 4.69) is 4.99 Å². The van der Waals surface area contributed by atoms with Crippen LogP contribution in [0, 0.1) is 0 Å². The van der Waals surface area contributed by atoms with E-state index in [0.29, 0.717) is 0 Å². The summed E-state index contributed by atoms with van der Waals surface area (Å²) >= 11 is 0. The molecule has 3 rings (SSSR count). The van der Waals surface area contributed by atoms with Crippen molar-refractivity contribution in [3.63, 3.8) is 0 Å². The normalized spacial score (nSPS) is 22.4. The van der Waals surface area contributed by atoms with Crippen molar-refractivity contribution in [1.82, 2.24) is 5.06 Å². The van der Waals surface area contributed by atoms with Crippen LogP contribution >= 0.6 is 0 Å². The van der Waals surface area contributed by atoms with Gasteiger partial charge in [0.2, 0.25) is 0 Å². The van der Waals surface area contributed by atoms with Crippen LogP contribution < -0.4 is 0 Å². The van der Waals surface area contributed by atoms with Gasteiger partial charge < -0.3 is 5.11 Å². The number of amidine groups is 1. The summed E-state index contributed by atoms with van der Waals surface area (Å²) in [6, 6.07) is 18.1. The highest BCUT2D eigenvalue weighted by atomic mass is 16.5. The maximum absolute atomic E-state index is 10.00. The molecular weight excluding hydrogens is 240 g/mol. The standard InChI is InChI=1S/C15H14N2O2/c18-15-16-13(11-7-3-1-4-8-11)14(17(15)19)12-9-5-2-6-10-12/h1-10,13-14,19H,(H,16,18). The van der Waals surface area contributed by atoms with Crippen molar-refractivity contribution in [2.75, 3.05) is 0 Å². The van der Waals surface area contributed by atoms with Gasteiger partial charge in [-0.25, -0.2) is 4.99 Å².